The highest BCUT2D eigenvalue weighted by molar-refractivity contribution is 5.68. The Morgan fingerprint density at radius 1 is 0.938 bits per heavy atom. The maximum absolute atomic E-state index is 10.7. The molecule has 6 heteroatoms. The van der Waals surface area contributed by atoms with E-state index in [-0.39, 0.29) is 6.79 Å². The molecule has 0 aromatic heterocycles. The normalized spacial score (nSPS) is 18.2. The first kappa shape index (κ1) is 20.7. The van der Waals surface area contributed by atoms with E-state index in [1.165, 1.54) is 12.1 Å². The van der Waals surface area contributed by atoms with E-state index in [1.54, 1.807) is 0 Å². The summed E-state index contributed by atoms with van der Waals surface area (Å²) in [4.78, 5) is 4.71. The van der Waals surface area contributed by atoms with Gasteiger partial charge in [-0.15, -0.1) is 0 Å². The molecule has 2 aliphatic heterocycles. The van der Waals surface area contributed by atoms with Crippen molar-refractivity contribution in [1.29, 1.82) is 0 Å². The molecule has 2 unspecified atom stereocenters. The molecule has 0 amide bonds. The van der Waals surface area contributed by atoms with Crippen molar-refractivity contribution in [2.45, 2.75) is 18.7 Å². The lowest BCUT2D eigenvalue weighted by Crippen LogP contribution is -2.31. The Balaban J connectivity index is 1.22. The van der Waals surface area contributed by atoms with Crippen LogP contribution in [-0.4, -0.2) is 50.0 Å². The van der Waals surface area contributed by atoms with Crippen LogP contribution in [0.2, 0.25) is 0 Å². The van der Waals surface area contributed by atoms with Gasteiger partial charge in [0.2, 0.25) is 6.79 Å². The second kappa shape index (κ2) is 8.73. The summed E-state index contributed by atoms with van der Waals surface area (Å²) in [6, 6.07) is 22.7. The molecule has 0 spiro atoms. The van der Waals surface area contributed by atoms with E-state index in [0.717, 1.165) is 47.0 Å². The number of nitrogens with one attached hydrogen (secondary N) is 1. The molecule has 1 fully saturated rings. The summed E-state index contributed by atoms with van der Waals surface area (Å²) >= 11 is 0. The molecule has 6 nitrogen and oxygen atoms in total. The average molecular weight is 432 g/mol. The van der Waals surface area contributed by atoms with Crippen molar-refractivity contribution < 1.29 is 14.6 Å². The molecule has 2 heterocycles. The molecule has 166 valence electrons. The minimum absolute atomic E-state index is 0.269. The molecule has 5 rings (SSSR count). The summed E-state index contributed by atoms with van der Waals surface area (Å²) in [6.45, 7) is 2.40. The van der Waals surface area contributed by atoms with E-state index < -0.39 is 6.23 Å². The number of ether oxygens (including phenoxy) is 2. The van der Waals surface area contributed by atoms with Crippen molar-refractivity contribution in [1.82, 2.24) is 4.90 Å². The van der Waals surface area contributed by atoms with Gasteiger partial charge in [-0.3, -0.25) is 0 Å². The van der Waals surface area contributed by atoms with Crippen molar-refractivity contribution in [3.63, 3.8) is 0 Å². The van der Waals surface area contributed by atoms with Gasteiger partial charge >= 0.3 is 0 Å². The monoisotopic (exact) mass is 431 g/mol. The molecule has 2 atom stereocenters. The maximum atomic E-state index is 10.7. The summed E-state index contributed by atoms with van der Waals surface area (Å²) in [6.07, 6.45) is 0.408. The predicted octanol–water partition coefficient (Wildman–Crippen LogP) is 4.33. The van der Waals surface area contributed by atoms with Crippen LogP contribution in [0.3, 0.4) is 0 Å². The molecule has 32 heavy (non-hydrogen) atoms. The Bertz CT molecular complexity index is 1070. The number of aliphatic hydroxyl groups excluding tert-OH is 1. The van der Waals surface area contributed by atoms with Crippen LogP contribution < -0.4 is 19.7 Å². The molecule has 0 radical (unpaired) electrons. The molecule has 1 saturated heterocycles. The molecule has 0 bridgehead atoms. The number of nitrogens with zero attached hydrogens (tertiary/aromatic N) is 2. The largest absolute Gasteiger partial charge is 0.454 e. The van der Waals surface area contributed by atoms with Crippen LogP contribution in [0, 0.1) is 0 Å². The number of hydrogen-bond acceptors (Lipinski definition) is 6. The smallest absolute Gasteiger partial charge is 0.231 e. The van der Waals surface area contributed by atoms with E-state index in [1.807, 2.05) is 54.6 Å². The minimum atomic E-state index is -0.781. The summed E-state index contributed by atoms with van der Waals surface area (Å²) in [7, 11) is 4.29. The number of fused-ring (bicyclic) bond motifs is 1. The zero-order valence-corrected chi connectivity index (χ0v) is 18.5. The van der Waals surface area contributed by atoms with Gasteiger partial charge < -0.3 is 29.7 Å². The number of anilines is 2. The molecule has 2 aliphatic rings. The quantitative estimate of drug-likeness (QED) is 0.567. The van der Waals surface area contributed by atoms with Crippen LogP contribution in [-0.2, 0) is 0 Å². The van der Waals surface area contributed by atoms with Crippen LogP contribution in [0.5, 0.6) is 11.5 Å². The van der Waals surface area contributed by atoms with Gasteiger partial charge in [0, 0.05) is 36.1 Å². The van der Waals surface area contributed by atoms with Crippen molar-refractivity contribution >= 4 is 11.4 Å². The third-order valence-electron chi connectivity index (χ3n) is 6.36. The van der Waals surface area contributed by atoms with Gasteiger partial charge in [0.1, 0.15) is 0 Å². The predicted molar refractivity (Wildman–Crippen MR) is 127 cm³/mol. The Hall–Kier alpha value is -3.22. The molecule has 0 saturated carbocycles. The highest BCUT2D eigenvalue weighted by Gasteiger charge is 2.24. The van der Waals surface area contributed by atoms with Gasteiger partial charge in [0.05, 0.1) is 0 Å². The number of aliphatic hydroxyl groups is 1. The van der Waals surface area contributed by atoms with E-state index in [2.05, 4.69) is 41.3 Å². The summed E-state index contributed by atoms with van der Waals surface area (Å²) in [5.41, 5.74) is 5.04. The number of hydrogen-bond donors (Lipinski definition) is 2. The number of rotatable bonds is 6. The molecule has 3 aromatic rings. The highest BCUT2D eigenvalue weighted by atomic mass is 16.7. The van der Waals surface area contributed by atoms with Gasteiger partial charge in [-0.25, -0.2) is 0 Å². The lowest BCUT2D eigenvalue weighted by atomic mass is 10.0. The number of benzene rings is 3. The highest BCUT2D eigenvalue weighted by Crippen LogP contribution is 2.36. The van der Waals surface area contributed by atoms with Crippen molar-refractivity contribution in [2.75, 3.05) is 44.2 Å². The molecule has 3 aromatic carbocycles. The van der Waals surface area contributed by atoms with Crippen LogP contribution in [0.25, 0.3) is 11.1 Å². The van der Waals surface area contributed by atoms with Gasteiger partial charge in [0.15, 0.2) is 17.7 Å². The molecular formula is C26H29N3O3. The van der Waals surface area contributed by atoms with Crippen LogP contribution >= 0.6 is 0 Å². The Morgan fingerprint density at radius 3 is 2.38 bits per heavy atom. The standard InChI is InChI=1S/C26H29N3O3/c1-28(2)23-13-14-29(16-23)22-10-8-21(9-11-22)27-26(30)19-5-3-18(4-6-19)20-7-12-24-25(15-20)32-17-31-24/h3-12,15,23,26-27,30H,13-14,16-17H2,1-2H3. The van der Waals surface area contributed by atoms with Crippen molar-refractivity contribution in [2.24, 2.45) is 0 Å². The SMILES string of the molecule is CN(C)C1CCN(c2ccc(NC(O)c3ccc(-c4ccc5c(c4)OCO5)cc3)cc2)C1. The van der Waals surface area contributed by atoms with Gasteiger partial charge in [0.25, 0.3) is 0 Å². The summed E-state index contributed by atoms with van der Waals surface area (Å²) < 4.78 is 10.8. The Morgan fingerprint density at radius 2 is 1.66 bits per heavy atom. The lowest BCUT2D eigenvalue weighted by Gasteiger charge is -2.22. The van der Waals surface area contributed by atoms with Crippen LogP contribution in [0.1, 0.15) is 18.2 Å². The maximum Gasteiger partial charge on any atom is 0.231 e. The lowest BCUT2D eigenvalue weighted by molar-refractivity contribution is 0.174. The van der Waals surface area contributed by atoms with Gasteiger partial charge in [-0.1, -0.05) is 30.3 Å². The van der Waals surface area contributed by atoms with Crippen LogP contribution in [0.4, 0.5) is 11.4 Å². The minimum Gasteiger partial charge on any atom is -0.454 e. The third-order valence-corrected chi connectivity index (χ3v) is 6.36. The average Bonchev–Trinajstić information content (AvgIpc) is 3.49. The van der Waals surface area contributed by atoms with Crippen LogP contribution in [0.15, 0.2) is 66.7 Å². The number of likely N-dealkylation sites (N-methyl/N-ethyl adjacent to an activating group) is 1. The van der Waals surface area contributed by atoms with Gasteiger partial charge in [-0.2, -0.15) is 0 Å². The second-order valence-electron chi connectivity index (χ2n) is 8.64. The van der Waals surface area contributed by atoms with E-state index >= 15 is 0 Å². The molecular weight excluding hydrogens is 402 g/mol. The first-order chi connectivity index (χ1) is 15.6. The Labute approximate surface area is 189 Å². The van der Waals surface area contributed by atoms with Crippen molar-refractivity contribution in [3.8, 4) is 22.6 Å². The Kier molecular flexibility index (Phi) is 5.64. The van der Waals surface area contributed by atoms with Gasteiger partial charge in [-0.05, 0) is 68.0 Å². The fourth-order valence-electron chi connectivity index (χ4n) is 4.34. The summed E-state index contributed by atoms with van der Waals surface area (Å²) in [5, 5.41) is 13.9. The zero-order chi connectivity index (χ0) is 22.1. The summed E-state index contributed by atoms with van der Waals surface area (Å²) in [5.74, 6) is 1.54. The zero-order valence-electron chi connectivity index (χ0n) is 18.5. The topological polar surface area (TPSA) is 57.2 Å². The van der Waals surface area contributed by atoms with E-state index in [4.69, 9.17) is 9.47 Å². The fourth-order valence-corrected chi connectivity index (χ4v) is 4.34. The fraction of sp³-hybridized carbons (Fsp3) is 0.308. The van der Waals surface area contributed by atoms with E-state index in [9.17, 15) is 5.11 Å². The molecule has 2 N–H and O–H groups in total. The van der Waals surface area contributed by atoms with Crippen molar-refractivity contribution in [3.05, 3.63) is 72.3 Å². The second-order valence-corrected chi connectivity index (χ2v) is 8.64. The third kappa shape index (κ3) is 4.24. The molecule has 0 aliphatic carbocycles. The first-order valence-corrected chi connectivity index (χ1v) is 11.0. The van der Waals surface area contributed by atoms with E-state index in [0.29, 0.717) is 6.04 Å². The first-order valence-electron chi connectivity index (χ1n) is 11.0.